The zero-order chi connectivity index (χ0) is 20.0. The van der Waals surface area contributed by atoms with E-state index in [1.165, 1.54) is 11.0 Å². The van der Waals surface area contributed by atoms with Crippen LogP contribution in [0.5, 0.6) is 0 Å². The van der Waals surface area contributed by atoms with Crippen molar-refractivity contribution in [3.8, 4) is 0 Å². The van der Waals surface area contributed by atoms with Crippen LogP contribution in [0.1, 0.15) is 19.4 Å². The number of rotatable bonds is 7. The van der Waals surface area contributed by atoms with Gasteiger partial charge in [-0.2, -0.15) is 0 Å². The molecular formula is C20H23F2N3O2. The van der Waals surface area contributed by atoms with Crippen molar-refractivity contribution in [2.24, 2.45) is 0 Å². The Morgan fingerprint density at radius 2 is 1.67 bits per heavy atom. The second-order valence-corrected chi connectivity index (χ2v) is 6.24. The van der Waals surface area contributed by atoms with E-state index in [-0.39, 0.29) is 12.5 Å². The highest BCUT2D eigenvalue weighted by atomic mass is 19.1. The van der Waals surface area contributed by atoms with Gasteiger partial charge in [0.1, 0.15) is 17.3 Å². The first-order valence-electron chi connectivity index (χ1n) is 8.66. The molecule has 0 aliphatic rings. The Morgan fingerprint density at radius 1 is 1.04 bits per heavy atom. The molecule has 7 heteroatoms. The molecule has 1 atom stereocenters. The fourth-order valence-corrected chi connectivity index (χ4v) is 2.55. The first-order chi connectivity index (χ1) is 12.8. The van der Waals surface area contributed by atoms with Gasteiger partial charge in [-0.15, -0.1) is 0 Å². The Balaban J connectivity index is 1.97. The molecule has 144 valence electrons. The minimum atomic E-state index is -0.855. The quantitative estimate of drug-likeness (QED) is 0.780. The highest BCUT2D eigenvalue weighted by molar-refractivity contribution is 5.96. The van der Waals surface area contributed by atoms with Crippen molar-refractivity contribution in [1.29, 1.82) is 0 Å². The molecule has 0 saturated heterocycles. The van der Waals surface area contributed by atoms with Gasteiger partial charge in [-0.1, -0.05) is 31.2 Å². The summed E-state index contributed by atoms with van der Waals surface area (Å²) in [6, 6.07) is 10.0. The van der Waals surface area contributed by atoms with Crippen LogP contribution in [0.25, 0.3) is 0 Å². The number of hydrogen-bond donors (Lipinski definition) is 2. The number of hydrogen-bond acceptors (Lipinski definition) is 3. The highest BCUT2D eigenvalue weighted by Gasteiger charge is 2.22. The maximum atomic E-state index is 13.7. The molecule has 5 nitrogen and oxygen atoms in total. The molecule has 0 aromatic heterocycles. The topological polar surface area (TPSA) is 61.4 Å². The molecule has 0 heterocycles. The van der Waals surface area contributed by atoms with Crippen LogP contribution in [-0.2, 0) is 16.0 Å². The molecule has 0 aliphatic carbocycles. The highest BCUT2D eigenvalue weighted by Crippen LogP contribution is 2.19. The van der Waals surface area contributed by atoms with Crippen molar-refractivity contribution in [3.63, 3.8) is 0 Å². The molecule has 0 bridgehead atoms. The molecule has 0 radical (unpaired) electrons. The van der Waals surface area contributed by atoms with Crippen LogP contribution < -0.4 is 10.6 Å². The molecule has 2 aromatic rings. The first kappa shape index (κ1) is 20.5. The molecule has 2 aromatic carbocycles. The average molecular weight is 375 g/mol. The van der Waals surface area contributed by atoms with Gasteiger partial charge < -0.3 is 10.6 Å². The number of likely N-dealkylation sites (N-methyl/N-ethyl adjacent to an activating group) is 1. The maximum absolute atomic E-state index is 13.7. The van der Waals surface area contributed by atoms with Crippen LogP contribution in [0.4, 0.5) is 20.2 Å². The number of nitrogens with one attached hydrogen (secondary N) is 2. The van der Waals surface area contributed by atoms with Crippen LogP contribution in [-0.4, -0.2) is 36.3 Å². The number of aryl methyl sites for hydroxylation is 1. The van der Waals surface area contributed by atoms with Crippen molar-refractivity contribution in [2.75, 3.05) is 24.2 Å². The molecule has 2 N–H and O–H groups in total. The van der Waals surface area contributed by atoms with E-state index in [9.17, 15) is 18.4 Å². The predicted molar refractivity (Wildman–Crippen MR) is 102 cm³/mol. The van der Waals surface area contributed by atoms with Gasteiger partial charge in [0, 0.05) is 5.69 Å². The van der Waals surface area contributed by atoms with Crippen molar-refractivity contribution < 1.29 is 18.4 Å². The fraction of sp³-hybridized carbons (Fsp3) is 0.300. The second-order valence-electron chi connectivity index (χ2n) is 6.24. The standard InChI is InChI=1S/C20H23F2N3O2/c1-4-14-8-5-6-11-17(14)23-18(26)12-25(3)13(2)20(27)24-19-15(21)9-7-10-16(19)22/h5-11,13H,4,12H2,1-3H3,(H,23,26)(H,24,27). The van der Waals surface area contributed by atoms with E-state index in [1.54, 1.807) is 14.0 Å². The molecule has 27 heavy (non-hydrogen) atoms. The summed E-state index contributed by atoms with van der Waals surface area (Å²) in [6.07, 6.45) is 0.777. The lowest BCUT2D eigenvalue weighted by Crippen LogP contribution is -2.43. The number of nitrogens with zero attached hydrogens (tertiary/aromatic N) is 1. The SMILES string of the molecule is CCc1ccccc1NC(=O)CN(C)C(C)C(=O)Nc1c(F)cccc1F. The summed E-state index contributed by atoms with van der Waals surface area (Å²) in [7, 11) is 1.59. The summed E-state index contributed by atoms with van der Waals surface area (Å²) in [6.45, 7) is 3.50. The third kappa shape index (κ3) is 5.34. The number of halogens is 2. The number of anilines is 2. The van der Waals surface area contributed by atoms with Crippen LogP contribution in [0.2, 0.25) is 0 Å². The number of amides is 2. The summed E-state index contributed by atoms with van der Waals surface area (Å²) in [4.78, 5) is 26.1. The maximum Gasteiger partial charge on any atom is 0.241 e. The van der Waals surface area contributed by atoms with Crippen LogP contribution in [0.3, 0.4) is 0 Å². The minimum absolute atomic E-state index is 0.0492. The number of carbonyl (C=O) groups excluding carboxylic acids is 2. The minimum Gasteiger partial charge on any atom is -0.325 e. The molecule has 0 saturated carbocycles. The smallest absolute Gasteiger partial charge is 0.241 e. The van der Waals surface area contributed by atoms with Gasteiger partial charge in [0.15, 0.2) is 0 Å². The summed E-state index contributed by atoms with van der Waals surface area (Å²) < 4.78 is 27.3. The van der Waals surface area contributed by atoms with E-state index in [1.807, 2.05) is 31.2 Å². The van der Waals surface area contributed by atoms with E-state index in [2.05, 4.69) is 10.6 Å². The van der Waals surface area contributed by atoms with E-state index >= 15 is 0 Å². The number of carbonyl (C=O) groups is 2. The van der Waals surface area contributed by atoms with Gasteiger partial charge in [-0.3, -0.25) is 14.5 Å². The van der Waals surface area contributed by atoms with E-state index in [4.69, 9.17) is 0 Å². The van der Waals surface area contributed by atoms with Crippen molar-refractivity contribution >= 4 is 23.2 Å². The molecule has 0 aliphatic heterocycles. The van der Waals surface area contributed by atoms with Gasteiger partial charge in [0.2, 0.25) is 11.8 Å². The van der Waals surface area contributed by atoms with Gasteiger partial charge in [0.05, 0.1) is 12.6 Å². The number of benzene rings is 2. The monoisotopic (exact) mass is 375 g/mol. The third-order valence-electron chi connectivity index (χ3n) is 4.32. The van der Waals surface area contributed by atoms with Gasteiger partial charge >= 0.3 is 0 Å². The molecular weight excluding hydrogens is 352 g/mol. The molecule has 0 spiro atoms. The zero-order valence-corrected chi connectivity index (χ0v) is 15.6. The van der Waals surface area contributed by atoms with Crippen molar-refractivity contribution in [1.82, 2.24) is 4.90 Å². The Bertz CT molecular complexity index is 806. The average Bonchev–Trinajstić information content (AvgIpc) is 2.64. The first-order valence-corrected chi connectivity index (χ1v) is 8.66. The Kier molecular flexibility index (Phi) is 7.01. The van der Waals surface area contributed by atoms with E-state index in [0.29, 0.717) is 0 Å². The molecule has 1 unspecified atom stereocenters. The van der Waals surface area contributed by atoms with Gasteiger partial charge in [0.25, 0.3) is 0 Å². The third-order valence-corrected chi connectivity index (χ3v) is 4.32. The predicted octanol–water partition coefficient (Wildman–Crippen LogP) is 3.42. The van der Waals surface area contributed by atoms with Crippen LogP contribution >= 0.6 is 0 Å². The summed E-state index contributed by atoms with van der Waals surface area (Å²) in [5, 5.41) is 5.06. The van der Waals surface area contributed by atoms with Crippen LogP contribution in [0.15, 0.2) is 42.5 Å². The normalized spacial score (nSPS) is 11.9. The van der Waals surface area contributed by atoms with Crippen molar-refractivity contribution in [3.05, 3.63) is 59.7 Å². The summed E-state index contributed by atoms with van der Waals surface area (Å²) >= 11 is 0. The Hall–Kier alpha value is -2.80. The van der Waals surface area contributed by atoms with Gasteiger partial charge in [-0.05, 0) is 44.2 Å². The molecule has 2 amide bonds. The summed E-state index contributed by atoms with van der Waals surface area (Å²) in [5.74, 6) is -2.60. The zero-order valence-electron chi connectivity index (χ0n) is 15.6. The number of para-hydroxylation sites is 2. The fourth-order valence-electron chi connectivity index (χ4n) is 2.55. The lowest BCUT2D eigenvalue weighted by Gasteiger charge is -2.23. The lowest BCUT2D eigenvalue weighted by atomic mass is 10.1. The van der Waals surface area contributed by atoms with Gasteiger partial charge in [-0.25, -0.2) is 8.78 Å². The lowest BCUT2D eigenvalue weighted by molar-refractivity contribution is -0.122. The van der Waals surface area contributed by atoms with Crippen LogP contribution in [0, 0.1) is 11.6 Å². The largest absolute Gasteiger partial charge is 0.325 e. The summed E-state index contributed by atoms with van der Waals surface area (Å²) in [5.41, 5.74) is 1.24. The van der Waals surface area contributed by atoms with Crippen molar-refractivity contribution in [2.45, 2.75) is 26.3 Å². The molecule has 2 rings (SSSR count). The molecule has 0 fully saturated rings. The Morgan fingerprint density at radius 3 is 2.30 bits per heavy atom. The van der Waals surface area contributed by atoms with E-state index < -0.39 is 29.3 Å². The van der Waals surface area contributed by atoms with E-state index in [0.717, 1.165) is 29.8 Å². The second kappa shape index (κ2) is 9.23. The Labute approximate surface area is 157 Å².